The number of nitrogens with two attached hydrogens (primary N) is 1. The Morgan fingerprint density at radius 1 is 1.06 bits per heavy atom. The molecule has 0 aliphatic rings. The first-order valence-corrected chi connectivity index (χ1v) is 5.63. The van der Waals surface area contributed by atoms with Gasteiger partial charge in [-0.05, 0) is 35.7 Å². The Labute approximate surface area is 101 Å². The van der Waals surface area contributed by atoms with E-state index in [0.717, 1.165) is 16.1 Å². The summed E-state index contributed by atoms with van der Waals surface area (Å²) in [5, 5.41) is 0.724. The molecule has 0 saturated carbocycles. The molecular weight excluding hydrogens is 218 g/mol. The third-order valence-corrected chi connectivity index (χ3v) is 2.97. The molecule has 2 aromatic carbocycles. The third-order valence-electron chi connectivity index (χ3n) is 2.73. The smallest absolute Gasteiger partial charge is 0.0554 e. The fourth-order valence-corrected chi connectivity index (χ4v) is 2.01. The van der Waals surface area contributed by atoms with E-state index < -0.39 is 0 Å². The van der Waals surface area contributed by atoms with E-state index in [2.05, 4.69) is 19.1 Å². The normalized spacial score (nSPS) is 12.4. The van der Waals surface area contributed by atoms with E-state index in [1.807, 2.05) is 36.4 Å². The van der Waals surface area contributed by atoms with Gasteiger partial charge in [0.05, 0.1) is 6.04 Å². The molecule has 2 aromatic rings. The lowest BCUT2D eigenvalue weighted by atomic mass is 9.96. The standard InChI is InChI=1S/C14H14ClN/c1-10-5-2-3-8-13(10)14(16)11-6-4-7-12(15)9-11/h2-9,14H,16H2,1H3. The first-order valence-electron chi connectivity index (χ1n) is 5.25. The van der Waals surface area contributed by atoms with Crippen molar-refractivity contribution in [1.29, 1.82) is 0 Å². The highest BCUT2D eigenvalue weighted by molar-refractivity contribution is 6.30. The number of hydrogen-bond acceptors (Lipinski definition) is 1. The van der Waals surface area contributed by atoms with Crippen LogP contribution in [0, 0.1) is 6.92 Å². The van der Waals surface area contributed by atoms with Crippen molar-refractivity contribution in [3.05, 3.63) is 70.2 Å². The third kappa shape index (κ3) is 2.26. The number of halogens is 1. The van der Waals surface area contributed by atoms with Crippen molar-refractivity contribution in [1.82, 2.24) is 0 Å². The molecule has 0 spiro atoms. The van der Waals surface area contributed by atoms with Gasteiger partial charge in [0.15, 0.2) is 0 Å². The van der Waals surface area contributed by atoms with Crippen LogP contribution >= 0.6 is 11.6 Å². The lowest BCUT2D eigenvalue weighted by molar-refractivity contribution is 0.862. The van der Waals surface area contributed by atoms with Gasteiger partial charge in [0.1, 0.15) is 0 Å². The van der Waals surface area contributed by atoms with Crippen LogP contribution in [0.2, 0.25) is 5.02 Å². The molecule has 0 bridgehead atoms. The number of benzene rings is 2. The number of aryl methyl sites for hydroxylation is 1. The molecule has 0 fully saturated rings. The summed E-state index contributed by atoms with van der Waals surface area (Å²) in [6, 6.07) is 15.7. The Hall–Kier alpha value is -1.31. The summed E-state index contributed by atoms with van der Waals surface area (Å²) in [6.45, 7) is 2.07. The van der Waals surface area contributed by atoms with Gasteiger partial charge in [-0.15, -0.1) is 0 Å². The molecule has 16 heavy (non-hydrogen) atoms. The fraction of sp³-hybridized carbons (Fsp3) is 0.143. The maximum absolute atomic E-state index is 6.23. The van der Waals surface area contributed by atoms with Gasteiger partial charge in [-0.3, -0.25) is 0 Å². The molecule has 0 saturated heterocycles. The summed E-state index contributed by atoms with van der Waals surface area (Å²) in [4.78, 5) is 0. The number of hydrogen-bond donors (Lipinski definition) is 1. The average Bonchev–Trinajstić information content (AvgIpc) is 2.29. The average molecular weight is 232 g/mol. The second-order valence-corrected chi connectivity index (χ2v) is 4.33. The van der Waals surface area contributed by atoms with Gasteiger partial charge in [-0.1, -0.05) is 48.0 Å². The molecule has 82 valence electrons. The van der Waals surface area contributed by atoms with E-state index >= 15 is 0 Å². The highest BCUT2D eigenvalue weighted by Gasteiger charge is 2.10. The molecule has 2 heteroatoms. The Bertz CT molecular complexity index is 494. The molecule has 0 amide bonds. The molecule has 0 aliphatic heterocycles. The van der Waals surface area contributed by atoms with Crippen LogP contribution in [0.25, 0.3) is 0 Å². The zero-order valence-electron chi connectivity index (χ0n) is 9.15. The highest BCUT2D eigenvalue weighted by Crippen LogP contribution is 2.24. The van der Waals surface area contributed by atoms with Gasteiger partial charge < -0.3 is 5.73 Å². The van der Waals surface area contributed by atoms with Gasteiger partial charge in [0.25, 0.3) is 0 Å². The summed E-state index contributed by atoms with van der Waals surface area (Å²) in [5.74, 6) is 0. The monoisotopic (exact) mass is 231 g/mol. The minimum atomic E-state index is -0.111. The van der Waals surface area contributed by atoms with Crippen molar-refractivity contribution in [3.63, 3.8) is 0 Å². The minimum Gasteiger partial charge on any atom is -0.320 e. The van der Waals surface area contributed by atoms with Crippen molar-refractivity contribution < 1.29 is 0 Å². The summed E-state index contributed by atoms with van der Waals surface area (Å²) in [5.41, 5.74) is 9.62. The maximum Gasteiger partial charge on any atom is 0.0554 e. The van der Waals surface area contributed by atoms with Crippen LogP contribution in [0.1, 0.15) is 22.7 Å². The zero-order chi connectivity index (χ0) is 11.5. The second kappa shape index (κ2) is 4.69. The first-order chi connectivity index (χ1) is 7.68. The van der Waals surface area contributed by atoms with Gasteiger partial charge in [-0.25, -0.2) is 0 Å². The fourth-order valence-electron chi connectivity index (χ4n) is 1.82. The summed E-state index contributed by atoms with van der Waals surface area (Å²) in [6.07, 6.45) is 0. The van der Waals surface area contributed by atoms with E-state index in [1.54, 1.807) is 0 Å². The molecule has 0 heterocycles. The van der Waals surface area contributed by atoms with Crippen molar-refractivity contribution in [2.45, 2.75) is 13.0 Å². The molecular formula is C14H14ClN. The molecule has 0 radical (unpaired) electrons. The number of rotatable bonds is 2. The van der Waals surface area contributed by atoms with Crippen molar-refractivity contribution in [2.75, 3.05) is 0 Å². The van der Waals surface area contributed by atoms with Crippen LogP contribution in [-0.2, 0) is 0 Å². The van der Waals surface area contributed by atoms with E-state index in [-0.39, 0.29) is 6.04 Å². The van der Waals surface area contributed by atoms with Gasteiger partial charge in [0.2, 0.25) is 0 Å². The predicted molar refractivity (Wildman–Crippen MR) is 68.7 cm³/mol. The first kappa shape index (κ1) is 11.2. The maximum atomic E-state index is 6.23. The molecule has 1 unspecified atom stereocenters. The van der Waals surface area contributed by atoms with Crippen LogP contribution in [0.5, 0.6) is 0 Å². The van der Waals surface area contributed by atoms with Crippen LogP contribution in [0.4, 0.5) is 0 Å². The molecule has 0 aliphatic carbocycles. The van der Waals surface area contributed by atoms with Crippen molar-refractivity contribution >= 4 is 11.6 Å². The Kier molecular flexibility index (Phi) is 3.28. The van der Waals surface area contributed by atoms with E-state index in [4.69, 9.17) is 17.3 Å². The summed E-state index contributed by atoms with van der Waals surface area (Å²) < 4.78 is 0. The van der Waals surface area contributed by atoms with Crippen molar-refractivity contribution in [2.24, 2.45) is 5.73 Å². The predicted octanol–water partition coefficient (Wildman–Crippen LogP) is 3.70. The molecule has 2 N–H and O–H groups in total. The van der Waals surface area contributed by atoms with Crippen LogP contribution in [0.15, 0.2) is 48.5 Å². The Morgan fingerprint density at radius 2 is 1.81 bits per heavy atom. The minimum absolute atomic E-state index is 0.111. The van der Waals surface area contributed by atoms with E-state index in [0.29, 0.717) is 0 Å². The molecule has 1 atom stereocenters. The van der Waals surface area contributed by atoms with Crippen LogP contribution < -0.4 is 5.73 Å². The second-order valence-electron chi connectivity index (χ2n) is 3.89. The Balaban J connectivity index is 2.39. The van der Waals surface area contributed by atoms with Crippen LogP contribution in [0.3, 0.4) is 0 Å². The Morgan fingerprint density at radius 3 is 2.50 bits per heavy atom. The lowest BCUT2D eigenvalue weighted by Gasteiger charge is -2.15. The van der Waals surface area contributed by atoms with Gasteiger partial charge in [-0.2, -0.15) is 0 Å². The SMILES string of the molecule is Cc1ccccc1C(N)c1cccc(Cl)c1. The largest absolute Gasteiger partial charge is 0.320 e. The van der Waals surface area contributed by atoms with Crippen LogP contribution in [-0.4, -0.2) is 0 Å². The van der Waals surface area contributed by atoms with Gasteiger partial charge in [0, 0.05) is 5.02 Å². The quantitative estimate of drug-likeness (QED) is 0.838. The summed E-state index contributed by atoms with van der Waals surface area (Å²) >= 11 is 5.96. The topological polar surface area (TPSA) is 26.0 Å². The molecule has 2 rings (SSSR count). The zero-order valence-corrected chi connectivity index (χ0v) is 9.91. The van der Waals surface area contributed by atoms with E-state index in [1.165, 1.54) is 5.56 Å². The molecule has 0 aromatic heterocycles. The van der Waals surface area contributed by atoms with Gasteiger partial charge >= 0.3 is 0 Å². The van der Waals surface area contributed by atoms with Crippen molar-refractivity contribution in [3.8, 4) is 0 Å². The molecule has 1 nitrogen and oxygen atoms in total. The van der Waals surface area contributed by atoms with E-state index in [9.17, 15) is 0 Å². The lowest BCUT2D eigenvalue weighted by Crippen LogP contribution is -2.12. The summed E-state index contributed by atoms with van der Waals surface area (Å²) in [7, 11) is 0. The highest BCUT2D eigenvalue weighted by atomic mass is 35.5.